The van der Waals surface area contributed by atoms with Gasteiger partial charge in [-0.25, -0.2) is 4.98 Å². The fraction of sp³-hybridized carbons (Fsp3) is 0.529. The number of carbonyl (C=O) groups excluding carboxylic acids is 1. The Morgan fingerprint density at radius 2 is 2.39 bits per heavy atom. The summed E-state index contributed by atoms with van der Waals surface area (Å²) in [7, 11) is 0. The molecular formula is C17H22N2O3S. The van der Waals surface area contributed by atoms with Gasteiger partial charge in [0.1, 0.15) is 16.7 Å². The van der Waals surface area contributed by atoms with Gasteiger partial charge in [0.2, 0.25) is 0 Å². The molecule has 0 aromatic carbocycles. The van der Waals surface area contributed by atoms with Gasteiger partial charge in [0.15, 0.2) is 0 Å². The summed E-state index contributed by atoms with van der Waals surface area (Å²) < 4.78 is 5.25. The maximum absolute atomic E-state index is 12.8. The molecule has 3 rings (SSSR count). The number of aliphatic hydroxyl groups is 1. The molecule has 23 heavy (non-hydrogen) atoms. The molecule has 1 amide bonds. The van der Waals surface area contributed by atoms with Gasteiger partial charge in [-0.15, -0.1) is 11.3 Å². The molecule has 0 spiro atoms. The minimum absolute atomic E-state index is 0.0311. The average Bonchev–Trinajstić information content (AvgIpc) is 3.27. The molecule has 3 heterocycles. The number of furan rings is 1. The molecular weight excluding hydrogens is 312 g/mol. The highest BCUT2D eigenvalue weighted by atomic mass is 32.1. The Hall–Kier alpha value is -1.66. The highest BCUT2D eigenvalue weighted by Crippen LogP contribution is 2.30. The summed E-state index contributed by atoms with van der Waals surface area (Å²) in [5.74, 6) is 0.921. The van der Waals surface area contributed by atoms with E-state index in [0.717, 1.165) is 24.4 Å². The Kier molecular flexibility index (Phi) is 4.82. The molecule has 0 aliphatic carbocycles. The van der Waals surface area contributed by atoms with Crippen LogP contribution in [0.3, 0.4) is 0 Å². The van der Waals surface area contributed by atoms with Crippen molar-refractivity contribution in [3.8, 4) is 0 Å². The van der Waals surface area contributed by atoms with Crippen molar-refractivity contribution < 1.29 is 14.3 Å². The number of amides is 1. The summed E-state index contributed by atoms with van der Waals surface area (Å²) in [4.78, 5) is 19.7. The molecule has 1 saturated heterocycles. The van der Waals surface area contributed by atoms with Crippen LogP contribution >= 0.6 is 11.3 Å². The zero-order chi connectivity index (χ0) is 16.4. The molecule has 1 N–H and O–H groups in total. The third kappa shape index (κ3) is 3.48. The van der Waals surface area contributed by atoms with E-state index < -0.39 is 6.10 Å². The molecule has 1 aliphatic heterocycles. The van der Waals surface area contributed by atoms with E-state index in [2.05, 4.69) is 18.8 Å². The SMILES string of the molecule is CC(C)c1ncc(C(=O)N2CCCC2CC(O)c2ccco2)s1. The van der Waals surface area contributed by atoms with Gasteiger partial charge in [0, 0.05) is 24.9 Å². The molecule has 5 nitrogen and oxygen atoms in total. The summed E-state index contributed by atoms with van der Waals surface area (Å²) in [5.41, 5.74) is 0. The number of thiazole rings is 1. The van der Waals surface area contributed by atoms with Crippen LogP contribution in [0.2, 0.25) is 0 Å². The van der Waals surface area contributed by atoms with Gasteiger partial charge in [-0.1, -0.05) is 13.8 Å². The number of aromatic nitrogens is 1. The van der Waals surface area contributed by atoms with E-state index in [1.54, 1.807) is 24.6 Å². The quantitative estimate of drug-likeness (QED) is 0.907. The van der Waals surface area contributed by atoms with Gasteiger partial charge >= 0.3 is 0 Å². The Labute approximate surface area is 140 Å². The number of rotatable bonds is 5. The molecule has 2 aromatic rings. The molecule has 2 unspecified atom stereocenters. The number of aliphatic hydroxyl groups excluding tert-OH is 1. The second kappa shape index (κ2) is 6.84. The predicted molar refractivity (Wildman–Crippen MR) is 88.5 cm³/mol. The average molecular weight is 334 g/mol. The van der Waals surface area contributed by atoms with Crippen molar-refractivity contribution in [1.82, 2.24) is 9.88 Å². The van der Waals surface area contributed by atoms with Crippen LogP contribution < -0.4 is 0 Å². The van der Waals surface area contributed by atoms with Crippen molar-refractivity contribution in [3.05, 3.63) is 40.2 Å². The predicted octanol–water partition coefficient (Wildman–Crippen LogP) is 3.59. The zero-order valence-electron chi connectivity index (χ0n) is 13.4. The number of likely N-dealkylation sites (tertiary alicyclic amines) is 1. The van der Waals surface area contributed by atoms with E-state index in [4.69, 9.17) is 4.42 Å². The largest absolute Gasteiger partial charge is 0.467 e. The van der Waals surface area contributed by atoms with Crippen LogP contribution in [-0.2, 0) is 0 Å². The topological polar surface area (TPSA) is 66.6 Å². The number of hydrogen-bond donors (Lipinski definition) is 1. The van der Waals surface area contributed by atoms with E-state index in [0.29, 0.717) is 23.0 Å². The maximum atomic E-state index is 12.8. The second-order valence-corrected chi connectivity index (χ2v) is 7.34. The number of carbonyl (C=O) groups is 1. The highest BCUT2D eigenvalue weighted by Gasteiger charge is 2.32. The molecule has 2 aromatic heterocycles. The lowest BCUT2D eigenvalue weighted by Gasteiger charge is -2.25. The van der Waals surface area contributed by atoms with Gasteiger partial charge in [-0.3, -0.25) is 4.79 Å². The molecule has 0 radical (unpaired) electrons. The Balaban J connectivity index is 1.69. The van der Waals surface area contributed by atoms with Crippen LogP contribution in [0.25, 0.3) is 0 Å². The van der Waals surface area contributed by atoms with Crippen LogP contribution in [0, 0.1) is 0 Å². The number of nitrogens with zero attached hydrogens (tertiary/aromatic N) is 2. The third-order valence-electron chi connectivity index (χ3n) is 4.23. The highest BCUT2D eigenvalue weighted by molar-refractivity contribution is 7.13. The third-order valence-corrected chi connectivity index (χ3v) is 5.52. The standard InChI is InChI=1S/C17H22N2O3S/c1-11(2)16-18-10-15(23-16)17(21)19-7-3-5-12(19)9-13(20)14-6-4-8-22-14/h4,6,8,10-13,20H,3,5,7,9H2,1-2H3. The first kappa shape index (κ1) is 16.2. The van der Waals surface area contributed by atoms with Crippen LogP contribution in [0.4, 0.5) is 0 Å². The first-order valence-electron chi connectivity index (χ1n) is 8.04. The van der Waals surface area contributed by atoms with Gasteiger partial charge in [-0.2, -0.15) is 0 Å². The van der Waals surface area contributed by atoms with Crippen molar-refractivity contribution in [2.24, 2.45) is 0 Å². The Morgan fingerprint density at radius 1 is 1.57 bits per heavy atom. The minimum Gasteiger partial charge on any atom is -0.467 e. The van der Waals surface area contributed by atoms with E-state index in [9.17, 15) is 9.90 Å². The molecule has 0 saturated carbocycles. The van der Waals surface area contributed by atoms with Crippen LogP contribution in [0.5, 0.6) is 0 Å². The normalized spacial score (nSPS) is 19.5. The first-order chi connectivity index (χ1) is 11.1. The van der Waals surface area contributed by atoms with Gasteiger partial charge in [-0.05, 0) is 25.0 Å². The molecule has 124 valence electrons. The lowest BCUT2D eigenvalue weighted by molar-refractivity contribution is 0.0645. The van der Waals surface area contributed by atoms with Crippen LogP contribution in [0.15, 0.2) is 29.0 Å². The first-order valence-corrected chi connectivity index (χ1v) is 8.86. The van der Waals surface area contributed by atoms with E-state index in [1.807, 2.05) is 4.90 Å². The Bertz CT molecular complexity index is 651. The summed E-state index contributed by atoms with van der Waals surface area (Å²) in [6, 6.07) is 3.58. The monoisotopic (exact) mass is 334 g/mol. The van der Waals surface area contributed by atoms with E-state index in [1.165, 1.54) is 11.3 Å². The van der Waals surface area contributed by atoms with Gasteiger partial charge < -0.3 is 14.4 Å². The van der Waals surface area contributed by atoms with E-state index in [-0.39, 0.29) is 11.9 Å². The Morgan fingerprint density at radius 3 is 3.04 bits per heavy atom. The molecule has 6 heteroatoms. The summed E-state index contributed by atoms with van der Waals surface area (Å²) >= 11 is 1.47. The smallest absolute Gasteiger partial charge is 0.265 e. The van der Waals surface area contributed by atoms with Crippen molar-refractivity contribution in [1.29, 1.82) is 0 Å². The molecule has 1 fully saturated rings. The molecule has 0 bridgehead atoms. The lowest BCUT2D eigenvalue weighted by atomic mass is 10.1. The molecule has 1 aliphatic rings. The summed E-state index contributed by atoms with van der Waals surface area (Å²) in [6.45, 7) is 4.89. The number of hydrogen-bond acceptors (Lipinski definition) is 5. The van der Waals surface area contributed by atoms with Crippen molar-refractivity contribution in [3.63, 3.8) is 0 Å². The minimum atomic E-state index is -0.670. The maximum Gasteiger partial charge on any atom is 0.265 e. The fourth-order valence-electron chi connectivity index (χ4n) is 3.00. The van der Waals surface area contributed by atoms with E-state index >= 15 is 0 Å². The van der Waals surface area contributed by atoms with Gasteiger partial charge in [0.05, 0.1) is 17.5 Å². The lowest BCUT2D eigenvalue weighted by Crippen LogP contribution is -2.36. The molecule has 2 atom stereocenters. The van der Waals surface area contributed by atoms with Crippen molar-refractivity contribution in [2.75, 3.05) is 6.54 Å². The fourth-order valence-corrected chi connectivity index (χ4v) is 3.87. The summed E-state index contributed by atoms with van der Waals surface area (Å²) in [6.07, 6.45) is 4.96. The summed E-state index contributed by atoms with van der Waals surface area (Å²) in [5, 5.41) is 11.3. The van der Waals surface area contributed by atoms with Crippen molar-refractivity contribution >= 4 is 17.2 Å². The zero-order valence-corrected chi connectivity index (χ0v) is 14.3. The second-order valence-electron chi connectivity index (χ2n) is 6.28. The van der Waals surface area contributed by atoms with Crippen LogP contribution in [-0.4, -0.2) is 33.5 Å². The van der Waals surface area contributed by atoms with Gasteiger partial charge in [0.25, 0.3) is 5.91 Å². The van der Waals surface area contributed by atoms with Crippen LogP contribution in [0.1, 0.15) is 65.6 Å². The van der Waals surface area contributed by atoms with Crippen molar-refractivity contribution in [2.45, 2.75) is 51.2 Å².